The van der Waals surface area contributed by atoms with Crippen LogP contribution in [0.4, 0.5) is 0 Å². The van der Waals surface area contributed by atoms with Crippen LogP contribution in [-0.2, 0) is 4.79 Å². The van der Waals surface area contributed by atoms with E-state index in [1.54, 1.807) is 0 Å². The molecule has 18 heavy (non-hydrogen) atoms. The van der Waals surface area contributed by atoms with Crippen LogP contribution in [0.5, 0.6) is 0 Å². The first-order valence-corrected chi connectivity index (χ1v) is 7.34. The van der Waals surface area contributed by atoms with Gasteiger partial charge in [0.1, 0.15) is 0 Å². The van der Waals surface area contributed by atoms with Gasteiger partial charge in [-0.1, -0.05) is 32.1 Å². The summed E-state index contributed by atoms with van der Waals surface area (Å²) in [5.74, 6) is 0.0960. The standard InChI is InChI=1S/C14H28N2O2/c15-11-7-2-1-4-8-13(18)16-14(12-17)9-5-3-6-10-14/h17H,1-12,15H2,(H,16,18). The van der Waals surface area contributed by atoms with Gasteiger partial charge in [0, 0.05) is 6.42 Å². The second-order valence-corrected chi connectivity index (χ2v) is 5.50. The smallest absolute Gasteiger partial charge is 0.220 e. The highest BCUT2D eigenvalue weighted by Gasteiger charge is 2.32. The van der Waals surface area contributed by atoms with Crippen LogP contribution in [0.2, 0.25) is 0 Å². The van der Waals surface area contributed by atoms with E-state index in [9.17, 15) is 9.90 Å². The predicted octanol–water partition coefficient (Wildman–Crippen LogP) is 1.71. The van der Waals surface area contributed by atoms with Crippen LogP contribution in [0.1, 0.15) is 64.2 Å². The van der Waals surface area contributed by atoms with Crippen molar-refractivity contribution in [3.8, 4) is 0 Å². The molecule has 0 unspecified atom stereocenters. The van der Waals surface area contributed by atoms with Crippen LogP contribution in [0.15, 0.2) is 0 Å². The van der Waals surface area contributed by atoms with Crippen molar-refractivity contribution >= 4 is 5.91 Å². The third-order valence-electron chi connectivity index (χ3n) is 3.88. The van der Waals surface area contributed by atoms with Crippen LogP contribution in [0.3, 0.4) is 0 Å². The number of aliphatic hydroxyl groups is 1. The predicted molar refractivity (Wildman–Crippen MR) is 73.2 cm³/mol. The average molecular weight is 256 g/mol. The number of unbranched alkanes of at least 4 members (excludes halogenated alkanes) is 3. The van der Waals surface area contributed by atoms with Crippen LogP contribution >= 0.6 is 0 Å². The lowest BCUT2D eigenvalue weighted by Crippen LogP contribution is -2.52. The molecule has 0 radical (unpaired) electrons. The summed E-state index contributed by atoms with van der Waals surface area (Å²) in [7, 11) is 0. The third-order valence-corrected chi connectivity index (χ3v) is 3.88. The Bertz CT molecular complexity index is 238. The van der Waals surface area contributed by atoms with Gasteiger partial charge in [0.25, 0.3) is 0 Å². The Labute approximate surface area is 110 Å². The van der Waals surface area contributed by atoms with Crippen LogP contribution in [-0.4, -0.2) is 29.7 Å². The Kier molecular flexibility index (Phi) is 7.28. The first-order chi connectivity index (χ1) is 8.72. The topological polar surface area (TPSA) is 75.4 Å². The molecule has 0 heterocycles. The minimum absolute atomic E-state index is 0.0753. The molecule has 106 valence electrons. The summed E-state index contributed by atoms with van der Waals surface area (Å²) in [5.41, 5.74) is 5.10. The van der Waals surface area contributed by atoms with Gasteiger partial charge in [-0.2, -0.15) is 0 Å². The fourth-order valence-electron chi connectivity index (χ4n) is 2.69. The molecular formula is C14H28N2O2. The van der Waals surface area contributed by atoms with Crippen molar-refractivity contribution in [1.82, 2.24) is 5.32 Å². The molecule has 1 aliphatic carbocycles. The molecule has 0 spiro atoms. The van der Waals surface area contributed by atoms with Crippen molar-refractivity contribution in [2.45, 2.75) is 69.7 Å². The molecule has 1 fully saturated rings. The van der Waals surface area contributed by atoms with E-state index in [2.05, 4.69) is 5.32 Å². The van der Waals surface area contributed by atoms with Gasteiger partial charge in [-0.3, -0.25) is 4.79 Å². The monoisotopic (exact) mass is 256 g/mol. The van der Waals surface area contributed by atoms with Gasteiger partial charge in [0.05, 0.1) is 12.1 Å². The lowest BCUT2D eigenvalue weighted by molar-refractivity contribution is -0.124. The highest BCUT2D eigenvalue weighted by molar-refractivity contribution is 5.76. The van der Waals surface area contributed by atoms with Gasteiger partial charge in [0.2, 0.25) is 5.91 Å². The molecule has 0 saturated heterocycles. The summed E-state index contributed by atoms with van der Waals surface area (Å²) in [6, 6.07) is 0. The maximum absolute atomic E-state index is 11.9. The van der Waals surface area contributed by atoms with E-state index in [1.807, 2.05) is 0 Å². The largest absolute Gasteiger partial charge is 0.394 e. The van der Waals surface area contributed by atoms with E-state index in [0.717, 1.165) is 57.9 Å². The van der Waals surface area contributed by atoms with Gasteiger partial charge in [-0.05, 0) is 32.2 Å². The zero-order valence-corrected chi connectivity index (χ0v) is 11.4. The lowest BCUT2D eigenvalue weighted by Gasteiger charge is -2.36. The second kappa shape index (κ2) is 8.48. The maximum atomic E-state index is 11.9. The number of aliphatic hydroxyl groups excluding tert-OH is 1. The molecule has 0 atom stereocenters. The number of amides is 1. The number of nitrogens with two attached hydrogens (primary N) is 1. The fourth-order valence-corrected chi connectivity index (χ4v) is 2.69. The van der Waals surface area contributed by atoms with Crippen LogP contribution in [0.25, 0.3) is 0 Å². The van der Waals surface area contributed by atoms with E-state index in [1.165, 1.54) is 6.42 Å². The Hall–Kier alpha value is -0.610. The van der Waals surface area contributed by atoms with Crippen LogP contribution in [0, 0.1) is 0 Å². The van der Waals surface area contributed by atoms with Gasteiger partial charge in [-0.25, -0.2) is 0 Å². The highest BCUT2D eigenvalue weighted by atomic mass is 16.3. The first-order valence-electron chi connectivity index (χ1n) is 7.34. The van der Waals surface area contributed by atoms with Crippen molar-refractivity contribution in [2.75, 3.05) is 13.2 Å². The fraction of sp³-hybridized carbons (Fsp3) is 0.929. The molecular weight excluding hydrogens is 228 g/mol. The van der Waals surface area contributed by atoms with E-state index >= 15 is 0 Å². The molecule has 4 nitrogen and oxygen atoms in total. The molecule has 1 aliphatic rings. The molecule has 0 aliphatic heterocycles. The number of carbonyl (C=O) groups is 1. The zero-order valence-electron chi connectivity index (χ0n) is 11.4. The normalized spacial score (nSPS) is 18.6. The summed E-state index contributed by atoms with van der Waals surface area (Å²) in [4.78, 5) is 11.9. The van der Waals surface area contributed by atoms with Gasteiger partial charge in [-0.15, -0.1) is 0 Å². The molecule has 0 bridgehead atoms. The Balaban J connectivity index is 2.20. The summed E-state index contributed by atoms with van der Waals surface area (Å²) >= 11 is 0. The number of rotatable bonds is 8. The van der Waals surface area contributed by atoms with Crippen molar-refractivity contribution in [3.63, 3.8) is 0 Å². The quantitative estimate of drug-likeness (QED) is 0.579. The summed E-state index contributed by atoms with van der Waals surface area (Å²) < 4.78 is 0. The lowest BCUT2D eigenvalue weighted by atomic mass is 9.82. The Morgan fingerprint density at radius 1 is 1.11 bits per heavy atom. The Morgan fingerprint density at radius 2 is 1.78 bits per heavy atom. The maximum Gasteiger partial charge on any atom is 0.220 e. The Morgan fingerprint density at radius 3 is 2.39 bits per heavy atom. The SMILES string of the molecule is NCCCCCCC(=O)NC1(CO)CCCCC1. The van der Waals surface area contributed by atoms with E-state index in [-0.39, 0.29) is 18.1 Å². The molecule has 4 N–H and O–H groups in total. The molecule has 0 aromatic rings. The molecule has 1 amide bonds. The van der Waals surface area contributed by atoms with Crippen LogP contribution < -0.4 is 11.1 Å². The summed E-state index contributed by atoms with van der Waals surface area (Å²) in [6.45, 7) is 0.811. The minimum Gasteiger partial charge on any atom is -0.394 e. The summed E-state index contributed by atoms with van der Waals surface area (Å²) in [5, 5.41) is 12.6. The van der Waals surface area contributed by atoms with Gasteiger partial charge < -0.3 is 16.2 Å². The number of hydrogen-bond donors (Lipinski definition) is 3. The number of carbonyl (C=O) groups excluding carboxylic acids is 1. The van der Waals surface area contributed by atoms with Gasteiger partial charge >= 0.3 is 0 Å². The van der Waals surface area contributed by atoms with E-state index in [4.69, 9.17) is 5.73 Å². The minimum atomic E-state index is -0.327. The zero-order chi connectivity index (χ0) is 13.3. The molecule has 4 heteroatoms. The second-order valence-electron chi connectivity index (χ2n) is 5.50. The number of hydrogen-bond acceptors (Lipinski definition) is 3. The van der Waals surface area contributed by atoms with Crippen molar-refractivity contribution in [3.05, 3.63) is 0 Å². The van der Waals surface area contributed by atoms with E-state index < -0.39 is 0 Å². The molecule has 1 rings (SSSR count). The number of nitrogens with one attached hydrogen (secondary N) is 1. The van der Waals surface area contributed by atoms with Crippen molar-refractivity contribution < 1.29 is 9.90 Å². The highest BCUT2D eigenvalue weighted by Crippen LogP contribution is 2.27. The molecule has 1 saturated carbocycles. The van der Waals surface area contributed by atoms with Gasteiger partial charge in [0.15, 0.2) is 0 Å². The van der Waals surface area contributed by atoms with E-state index in [0.29, 0.717) is 6.42 Å². The van der Waals surface area contributed by atoms with Crippen molar-refractivity contribution in [1.29, 1.82) is 0 Å². The average Bonchev–Trinajstić information content (AvgIpc) is 2.39. The third kappa shape index (κ3) is 5.36. The first kappa shape index (κ1) is 15.4. The summed E-state index contributed by atoms with van der Waals surface area (Å²) in [6.07, 6.45) is 9.99. The molecule has 0 aromatic heterocycles. The molecule has 0 aromatic carbocycles. The van der Waals surface area contributed by atoms with Crippen molar-refractivity contribution in [2.24, 2.45) is 5.73 Å².